The van der Waals surface area contributed by atoms with Gasteiger partial charge < -0.3 is 10.5 Å². The molecule has 1 unspecified atom stereocenters. The van der Waals surface area contributed by atoms with Crippen molar-refractivity contribution in [1.29, 1.82) is 0 Å². The normalized spacial score (nSPS) is 17.2. The first kappa shape index (κ1) is 24.4. The number of carbonyl (C=O) groups is 2. The molecule has 2 amide bonds. The van der Waals surface area contributed by atoms with E-state index in [-0.39, 0.29) is 24.4 Å². The van der Waals surface area contributed by atoms with E-state index >= 15 is 0 Å². The topological polar surface area (TPSA) is 128 Å². The van der Waals surface area contributed by atoms with Crippen LogP contribution in [0.3, 0.4) is 0 Å². The Balaban J connectivity index is 1.67. The van der Waals surface area contributed by atoms with Gasteiger partial charge in [-0.15, -0.1) is 0 Å². The number of anilines is 1. The second kappa shape index (κ2) is 9.32. The van der Waals surface area contributed by atoms with E-state index in [1.165, 1.54) is 4.90 Å². The van der Waals surface area contributed by atoms with Crippen LogP contribution in [0.4, 0.5) is 10.5 Å². The fourth-order valence-electron chi connectivity index (χ4n) is 3.18. The maximum absolute atomic E-state index is 12.5. The van der Waals surface area contributed by atoms with Crippen LogP contribution >= 0.6 is 0 Å². The standard InChI is InChI=1S/C23H27N3O6S/c1-23(2,3)17-9-5-16(6-10-17)21(27)25-20(24)15-7-11-18(12-8-15)26-13-19(32-22(26)28)14-31-33(4,29)30/h5-12,19H,13-14H2,1-4H3,(H2,24,25,27). The van der Waals surface area contributed by atoms with E-state index in [0.717, 1.165) is 11.8 Å². The largest absolute Gasteiger partial charge is 0.441 e. The molecule has 2 aromatic rings. The Labute approximate surface area is 193 Å². The summed E-state index contributed by atoms with van der Waals surface area (Å²) >= 11 is 0. The predicted octanol–water partition coefficient (Wildman–Crippen LogP) is 2.83. The highest BCUT2D eigenvalue weighted by molar-refractivity contribution is 7.85. The Morgan fingerprint density at radius 1 is 1.12 bits per heavy atom. The third-order valence-corrected chi connectivity index (χ3v) is 5.60. The van der Waals surface area contributed by atoms with E-state index in [1.54, 1.807) is 36.4 Å². The number of rotatable bonds is 6. The zero-order valence-corrected chi connectivity index (χ0v) is 19.8. The molecule has 10 heteroatoms. The first-order chi connectivity index (χ1) is 15.3. The highest BCUT2D eigenvalue weighted by atomic mass is 32.2. The van der Waals surface area contributed by atoms with Gasteiger partial charge in [0.1, 0.15) is 18.5 Å². The molecule has 3 rings (SSSR count). The van der Waals surface area contributed by atoms with Crippen molar-refractivity contribution in [3.05, 3.63) is 65.2 Å². The van der Waals surface area contributed by atoms with Crippen molar-refractivity contribution >= 4 is 33.6 Å². The minimum Gasteiger partial charge on any atom is -0.441 e. The minimum atomic E-state index is -3.63. The number of aliphatic imine (C=N–C) groups is 1. The Morgan fingerprint density at radius 2 is 1.70 bits per heavy atom. The first-order valence-corrected chi connectivity index (χ1v) is 12.1. The summed E-state index contributed by atoms with van der Waals surface area (Å²) in [5.41, 5.74) is 8.59. The highest BCUT2D eigenvalue weighted by Gasteiger charge is 2.33. The molecule has 1 saturated heterocycles. The lowest BCUT2D eigenvalue weighted by Crippen LogP contribution is -2.26. The van der Waals surface area contributed by atoms with Gasteiger partial charge in [-0.1, -0.05) is 32.9 Å². The smallest absolute Gasteiger partial charge is 0.414 e. The number of benzene rings is 2. The van der Waals surface area contributed by atoms with Crippen LogP contribution in [0.25, 0.3) is 0 Å². The van der Waals surface area contributed by atoms with Gasteiger partial charge in [0, 0.05) is 16.8 Å². The van der Waals surface area contributed by atoms with Crippen molar-refractivity contribution in [1.82, 2.24) is 0 Å². The van der Waals surface area contributed by atoms with E-state index in [9.17, 15) is 18.0 Å². The molecule has 0 aliphatic carbocycles. The molecule has 2 aromatic carbocycles. The molecule has 1 aliphatic heterocycles. The number of hydrogen-bond donors (Lipinski definition) is 1. The van der Waals surface area contributed by atoms with Gasteiger partial charge in [-0.05, 0) is 47.4 Å². The van der Waals surface area contributed by atoms with Crippen LogP contribution in [0.5, 0.6) is 0 Å². The lowest BCUT2D eigenvalue weighted by molar-refractivity contribution is 0.100. The SMILES string of the molecule is CC(C)(C)c1ccc(C(=O)N=C(N)c2ccc(N3CC(COS(C)(=O)=O)OC3=O)cc2)cc1. The molecule has 0 saturated carbocycles. The molecule has 0 spiro atoms. The number of nitrogens with zero attached hydrogens (tertiary/aromatic N) is 2. The Hall–Kier alpha value is -3.24. The quantitative estimate of drug-likeness (QED) is 0.388. The number of amides is 2. The second-order valence-electron chi connectivity index (χ2n) is 8.78. The van der Waals surface area contributed by atoms with E-state index in [4.69, 9.17) is 14.7 Å². The lowest BCUT2D eigenvalue weighted by atomic mass is 9.87. The average Bonchev–Trinajstić information content (AvgIpc) is 3.12. The Bertz CT molecular complexity index is 1170. The minimum absolute atomic E-state index is 0.0197. The molecule has 176 valence electrons. The van der Waals surface area contributed by atoms with Crippen LogP contribution in [-0.2, 0) is 24.5 Å². The van der Waals surface area contributed by atoms with Gasteiger partial charge in [0.2, 0.25) is 0 Å². The first-order valence-electron chi connectivity index (χ1n) is 10.3. The number of ether oxygens (including phenoxy) is 1. The highest BCUT2D eigenvalue weighted by Crippen LogP contribution is 2.24. The predicted molar refractivity (Wildman–Crippen MR) is 125 cm³/mol. The van der Waals surface area contributed by atoms with Crippen LogP contribution in [0.2, 0.25) is 0 Å². The number of nitrogens with two attached hydrogens (primary N) is 1. The molecule has 1 atom stereocenters. The van der Waals surface area contributed by atoms with E-state index in [1.807, 2.05) is 12.1 Å². The summed E-state index contributed by atoms with van der Waals surface area (Å²) in [7, 11) is -3.63. The zero-order chi connectivity index (χ0) is 24.4. The van der Waals surface area contributed by atoms with Crippen molar-refractivity contribution in [2.75, 3.05) is 24.3 Å². The molecular formula is C23H27N3O6S. The maximum Gasteiger partial charge on any atom is 0.414 e. The summed E-state index contributed by atoms with van der Waals surface area (Å²) in [5.74, 6) is -0.399. The van der Waals surface area contributed by atoms with E-state index in [2.05, 4.69) is 25.8 Å². The van der Waals surface area contributed by atoms with Gasteiger partial charge in [0.05, 0.1) is 12.8 Å². The molecule has 0 radical (unpaired) electrons. The monoisotopic (exact) mass is 473 g/mol. The maximum atomic E-state index is 12.5. The van der Waals surface area contributed by atoms with Gasteiger partial charge in [-0.25, -0.2) is 4.79 Å². The number of cyclic esters (lactones) is 1. The van der Waals surface area contributed by atoms with Crippen LogP contribution in [0.15, 0.2) is 53.5 Å². The van der Waals surface area contributed by atoms with Gasteiger partial charge >= 0.3 is 6.09 Å². The summed E-state index contributed by atoms with van der Waals surface area (Å²) in [6.45, 7) is 6.16. The third kappa shape index (κ3) is 6.39. The van der Waals surface area contributed by atoms with Crippen LogP contribution < -0.4 is 10.6 Å². The van der Waals surface area contributed by atoms with Crippen LogP contribution in [0.1, 0.15) is 42.3 Å². The second-order valence-corrected chi connectivity index (χ2v) is 10.4. The zero-order valence-electron chi connectivity index (χ0n) is 18.9. The van der Waals surface area contributed by atoms with Gasteiger partial charge in [-0.2, -0.15) is 13.4 Å². The number of amidine groups is 1. The van der Waals surface area contributed by atoms with Gasteiger partial charge in [-0.3, -0.25) is 13.9 Å². The average molecular weight is 474 g/mol. The van der Waals surface area contributed by atoms with E-state index in [0.29, 0.717) is 16.8 Å². The molecule has 33 heavy (non-hydrogen) atoms. The fraction of sp³-hybridized carbons (Fsp3) is 0.348. The summed E-state index contributed by atoms with van der Waals surface area (Å²) in [5, 5.41) is 0. The molecule has 1 aliphatic rings. The molecule has 1 heterocycles. The molecular weight excluding hydrogens is 446 g/mol. The van der Waals surface area contributed by atoms with Gasteiger partial charge in [0.25, 0.3) is 16.0 Å². The third-order valence-electron chi connectivity index (χ3n) is 5.04. The van der Waals surface area contributed by atoms with Gasteiger partial charge in [0.15, 0.2) is 0 Å². The van der Waals surface area contributed by atoms with Crippen molar-refractivity contribution < 1.29 is 26.9 Å². The number of carbonyl (C=O) groups excluding carboxylic acids is 2. The molecule has 2 N–H and O–H groups in total. The number of hydrogen-bond acceptors (Lipinski definition) is 6. The fourth-order valence-corrected chi connectivity index (χ4v) is 3.58. The van der Waals surface area contributed by atoms with E-state index < -0.39 is 28.2 Å². The molecule has 1 fully saturated rings. The summed E-state index contributed by atoms with van der Waals surface area (Å²) < 4.78 is 32.1. The van der Waals surface area contributed by atoms with Crippen molar-refractivity contribution in [2.24, 2.45) is 10.7 Å². The van der Waals surface area contributed by atoms with Crippen molar-refractivity contribution in [3.63, 3.8) is 0 Å². The lowest BCUT2D eigenvalue weighted by Gasteiger charge is -2.18. The molecule has 9 nitrogen and oxygen atoms in total. The van der Waals surface area contributed by atoms with Crippen LogP contribution in [0, 0.1) is 0 Å². The van der Waals surface area contributed by atoms with Crippen LogP contribution in [-0.4, -0.2) is 51.8 Å². The Morgan fingerprint density at radius 3 is 2.24 bits per heavy atom. The summed E-state index contributed by atoms with van der Waals surface area (Å²) in [6, 6.07) is 13.8. The summed E-state index contributed by atoms with van der Waals surface area (Å²) in [6.07, 6.45) is -0.390. The van der Waals surface area contributed by atoms with Crippen molar-refractivity contribution in [2.45, 2.75) is 32.3 Å². The van der Waals surface area contributed by atoms with Crippen molar-refractivity contribution in [3.8, 4) is 0 Å². The Kier molecular flexibility index (Phi) is 6.89. The molecule has 0 bridgehead atoms. The molecule has 0 aromatic heterocycles. The summed E-state index contributed by atoms with van der Waals surface area (Å²) in [4.78, 5) is 30.0.